The molecule has 0 aliphatic carbocycles. The van der Waals surface area contributed by atoms with Crippen molar-refractivity contribution >= 4 is 5.91 Å². The zero-order valence-corrected chi connectivity index (χ0v) is 11.4. The van der Waals surface area contributed by atoms with Crippen LogP contribution in [0.2, 0.25) is 0 Å². The summed E-state index contributed by atoms with van der Waals surface area (Å²) in [5.74, 6) is 0.0843. The fourth-order valence-electron chi connectivity index (χ4n) is 1.52. The highest BCUT2D eigenvalue weighted by Crippen LogP contribution is 2.01. The van der Waals surface area contributed by atoms with Gasteiger partial charge in [0.25, 0.3) is 0 Å². The first kappa shape index (κ1) is 15.4. The van der Waals surface area contributed by atoms with Gasteiger partial charge in [0.1, 0.15) is 0 Å². The Hall–Kier alpha value is -0.570. The lowest BCUT2D eigenvalue weighted by molar-refractivity contribution is -0.121. The van der Waals surface area contributed by atoms with Crippen LogP contribution in [0.4, 0.5) is 0 Å². The maximum Gasteiger partial charge on any atom is 0.234 e. The van der Waals surface area contributed by atoms with E-state index in [-0.39, 0.29) is 11.4 Å². The van der Waals surface area contributed by atoms with Gasteiger partial charge in [0.15, 0.2) is 0 Å². The summed E-state index contributed by atoms with van der Waals surface area (Å²) in [6, 6.07) is 0. The second-order valence-electron chi connectivity index (χ2n) is 5.39. The van der Waals surface area contributed by atoms with Crippen molar-refractivity contribution < 1.29 is 4.79 Å². The quantitative estimate of drug-likeness (QED) is 0.627. The fraction of sp³-hybridized carbons (Fsp3) is 0.923. The molecule has 1 amide bonds. The number of amides is 1. The zero-order valence-electron chi connectivity index (χ0n) is 11.4. The van der Waals surface area contributed by atoms with Crippen molar-refractivity contribution in [2.75, 3.05) is 13.1 Å². The van der Waals surface area contributed by atoms with E-state index in [0.717, 1.165) is 6.54 Å². The molecule has 0 aliphatic rings. The van der Waals surface area contributed by atoms with Crippen LogP contribution in [0.3, 0.4) is 0 Å². The molecule has 0 fully saturated rings. The number of carbonyl (C=O) groups is 1. The van der Waals surface area contributed by atoms with Gasteiger partial charge in [0.05, 0.1) is 6.54 Å². The molecule has 0 spiro atoms. The predicted octanol–water partition coefficient (Wildman–Crippen LogP) is 2.46. The van der Waals surface area contributed by atoms with E-state index in [2.05, 4.69) is 17.6 Å². The van der Waals surface area contributed by atoms with E-state index < -0.39 is 0 Å². The van der Waals surface area contributed by atoms with Gasteiger partial charge in [-0.05, 0) is 33.7 Å². The average molecular weight is 228 g/mol. The Morgan fingerprint density at radius 1 is 1.06 bits per heavy atom. The van der Waals surface area contributed by atoms with Crippen LogP contribution < -0.4 is 10.6 Å². The van der Waals surface area contributed by atoms with E-state index in [4.69, 9.17) is 0 Å². The monoisotopic (exact) mass is 228 g/mol. The number of hydrogen-bond donors (Lipinski definition) is 2. The summed E-state index contributed by atoms with van der Waals surface area (Å²) in [5.41, 5.74) is -0.125. The van der Waals surface area contributed by atoms with Gasteiger partial charge in [-0.3, -0.25) is 4.79 Å². The highest BCUT2D eigenvalue weighted by Gasteiger charge is 2.12. The third-order valence-corrected chi connectivity index (χ3v) is 2.26. The van der Waals surface area contributed by atoms with Crippen LogP contribution in [0.5, 0.6) is 0 Å². The van der Waals surface area contributed by atoms with Crippen LogP contribution in [0.1, 0.15) is 59.8 Å². The molecule has 0 radical (unpaired) electrons. The minimum absolute atomic E-state index is 0.0843. The number of rotatable bonds is 8. The highest BCUT2D eigenvalue weighted by molar-refractivity contribution is 5.78. The lowest BCUT2D eigenvalue weighted by Crippen LogP contribution is -2.44. The molecule has 0 heterocycles. The molecule has 0 bridgehead atoms. The van der Waals surface area contributed by atoms with Crippen LogP contribution in [-0.2, 0) is 4.79 Å². The van der Waals surface area contributed by atoms with Gasteiger partial charge in [-0.15, -0.1) is 0 Å². The maximum atomic E-state index is 11.4. The van der Waals surface area contributed by atoms with Gasteiger partial charge in [-0.1, -0.05) is 32.6 Å². The molecule has 0 unspecified atom stereocenters. The van der Waals surface area contributed by atoms with Gasteiger partial charge < -0.3 is 10.6 Å². The minimum Gasteiger partial charge on any atom is -0.350 e. The van der Waals surface area contributed by atoms with E-state index in [9.17, 15) is 4.79 Å². The van der Waals surface area contributed by atoms with Crippen molar-refractivity contribution in [1.82, 2.24) is 10.6 Å². The van der Waals surface area contributed by atoms with Gasteiger partial charge in [0, 0.05) is 5.54 Å². The standard InChI is InChI=1S/C13H28N2O/c1-5-6-7-8-9-10-14-11-12(16)15-13(2,3)4/h14H,5-11H2,1-4H3,(H,15,16). The molecule has 0 rings (SSSR count). The molecule has 96 valence electrons. The molecule has 0 aromatic rings. The number of nitrogens with one attached hydrogen (secondary N) is 2. The van der Waals surface area contributed by atoms with E-state index in [1.54, 1.807) is 0 Å². The van der Waals surface area contributed by atoms with Crippen molar-refractivity contribution in [3.63, 3.8) is 0 Å². The summed E-state index contributed by atoms with van der Waals surface area (Å²) in [6.07, 6.45) is 6.35. The summed E-state index contributed by atoms with van der Waals surface area (Å²) in [6.45, 7) is 9.59. The number of carbonyl (C=O) groups excluding carboxylic acids is 1. The van der Waals surface area contributed by atoms with Crippen molar-refractivity contribution in [3.8, 4) is 0 Å². The second-order valence-corrected chi connectivity index (χ2v) is 5.39. The molecule has 3 heteroatoms. The molecule has 0 aliphatic heterocycles. The topological polar surface area (TPSA) is 41.1 Å². The van der Waals surface area contributed by atoms with E-state index in [1.807, 2.05) is 20.8 Å². The summed E-state index contributed by atoms with van der Waals surface area (Å²) in [7, 11) is 0. The largest absolute Gasteiger partial charge is 0.350 e. The van der Waals surface area contributed by atoms with Gasteiger partial charge in [-0.25, -0.2) is 0 Å². The maximum absolute atomic E-state index is 11.4. The molecule has 0 atom stereocenters. The molecule has 3 nitrogen and oxygen atoms in total. The van der Waals surface area contributed by atoms with Crippen LogP contribution in [-0.4, -0.2) is 24.5 Å². The summed E-state index contributed by atoms with van der Waals surface area (Å²) >= 11 is 0. The molecule has 0 aromatic carbocycles. The lowest BCUT2D eigenvalue weighted by atomic mass is 10.1. The Morgan fingerprint density at radius 2 is 1.69 bits per heavy atom. The molecule has 0 saturated heterocycles. The number of unbranched alkanes of at least 4 members (excludes halogenated alkanes) is 4. The molecular weight excluding hydrogens is 200 g/mol. The molecule has 0 aromatic heterocycles. The van der Waals surface area contributed by atoms with Crippen molar-refractivity contribution in [1.29, 1.82) is 0 Å². The summed E-state index contributed by atoms with van der Waals surface area (Å²) in [5, 5.41) is 6.10. The minimum atomic E-state index is -0.125. The molecule has 16 heavy (non-hydrogen) atoms. The molecule has 0 saturated carbocycles. The Bertz CT molecular complexity index is 185. The van der Waals surface area contributed by atoms with Crippen molar-refractivity contribution in [3.05, 3.63) is 0 Å². The van der Waals surface area contributed by atoms with Gasteiger partial charge in [0.2, 0.25) is 5.91 Å². The second kappa shape index (κ2) is 8.57. The average Bonchev–Trinajstić information content (AvgIpc) is 2.13. The van der Waals surface area contributed by atoms with Crippen LogP contribution >= 0.6 is 0 Å². The van der Waals surface area contributed by atoms with Crippen LogP contribution in [0, 0.1) is 0 Å². The van der Waals surface area contributed by atoms with E-state index >= 15 is 0 Å². The van der Waals surface area contributed by atoms with E-state index in [1.165, 1.54) is 32.1 Å². The first-order valence-electron chi connectivity index (χ1n) is 6.47. The number of hydrogen-bond acceptors (Lipinski definition) is 2. The first-order valence-corrected chi connectivity index (χ1v) is 6.47. The van der Waals surface area contributed by atoms with Crippen molar-refractivity contribution in [2.45, 2.75) is 65.3 Å². The third-order valence-electron chi connectivity index (χ3n) is 2.26. The molecular formula is C13H28N2O. The predicted molar refractivity (Wildman–Crippen MR) is 69.5 cm³/mol. The SMILES string of the molecule is CCCCCCCNCC(=O)NC(C)(C)C. The zero-order chi connectivity index (χ0) is 12.4. The van der Waals surface area contributed by atoms with Gasteiger partial charge >= 0.3 is 0 Å². The lowest BCUT2D eigenvalue weighted by Gasteiger charge is -2.20. The van der Waals surface area contributed by atoms with Gasteiger partial charge in [-0.2, -0.15) is 0 Å². The summed E-state index contributed by atoms with van der Waals surface area (Å²) < 4.78 is 0. The van der Waals surface area contributed by atoms with E-state index in [0.29, 0.717) is 6.54 Å². The normalized spacial score (nSPS) is 11.5. The molecule has 2 N–H and O–H groups in total. The van der Waals surface area contributed by atoms with Crippen LogP contribution in [0.25, 0.3) is 0 Å². The Balaban J connectivity index is 3.28. The van der Waals surface area contributed by atoms with Crippen LogP contribution in [0.15, 0.2) is 0 Å². The Kier molecular flexibility index (Phi) is 8.26. The summed E-state index contributed by atoms with van der Waals surface area (Å²) in [4.78, 5) is 11.4. The Labute approximate surface area is 100 Å². The van der Waals surface area contributed by atoms with Crippen molar-refractivity contribution in [2.24, 2.45) is 0 Å². The Morgan fingerprint density at radius 3 is 2.25 bits per heavy atom. The first-order chi connectivity index (χ1) is 7.45. The highest BCUT2D eigenvalue weighted by atomic mass is 16.2. The third kappa shape index (κ3) is 11.5. The smallest absolute Gasteiger partial charge is 0.234 e. The fourth-order valence-corrected chi connectivity index (χ4v) is 1.52.